The number of benzene rings is 6. The molecule has 0 spiro atoms. The summed E-state index contributed by atoms with van der Waals surface area (Å²) in [5, 5.41) is 4.13. The van der Waals surface area contributed by atoms with Gasteiger partial charge in [0.25, 0.3) is 0 Å². The highest BCUT2D eigenvalue weighted by atomic mass is 16.3. The number of rotatable bonds is 5. The number of fused-ring (bicyclic) bond motifs is 6. The molecule has 0 unspecified atom stereocenters. The van der Waals surface area contributed by atoms with Gasteiger partial charge in [-0.25, -0.2) is 15.0 Å². The first kappa shape index (κ1) is 28.4. The second-order valence-electron chi connectivity index (χ2n) is 12.7. The van der Waals surface area contributed by atoms with Gasteiger partial charge in [-0.15, -0.1) is 0 Å². The molecule has 0 saturated carbocycles. The lowest BCUT2D eigenvalue weighted by Crippen LogP contribution is -2.01. The van der Waals surface area contributed by atoms with Gasteiger partial charge in [-0.05, 0) is 53.8 Å². The molecule has 0 saturated heterocycles. The SMILES string of the molecule is C1=CC(c2ccc(-c3nc(-c4ccccc4)nc(-c4cc(-c5cccc6c5oc5ccccc56)cc5oc6ccccc6c45)n3)cc2)=CCC1. The molecule has 1 aliphatic rings. The van der Waals surface area contributed by atoms with Gasteiger partial charge in [-0.3, -0.25) is 0 Å². The van der Waals surface area contributed by atoms with E-state index in [0.29, 0.717) is 17.5 Å². The van der Waals surface area contributed by atoms with Crippen molar-refractivity contribution < 1.29 is 8.83 Å². The number of hydrogen-bond donors (Lipinski definition) is 0. The van der Waals surface area contributed by atoms with E-state index in [9.17, 15) is 0 Å². The monoisotopic (exact) mass is 643 g/mol. The fraction of sp³-hybridized carbons (Fsp3) is 0.0444. The van der Waals surface area contributed by atoms with E-state index >= 15 is 0 Å². The Morgan fingerprint density at radius 2 is 1.10 bits per heavy atom. The summed E-state index contributed by atoms with van der Waals surface area (Å²) in [5.74, 6) is 1.80. The molecular weight excluding hydrogens is 615 g/mol. The second-order valence-corrected chi connectivity index (χ2v) is 12.7. The van der Waals surface area contributed by atoms with Crippen molar-refractivity contribution in [2.24, 2.45) is 0 Å². The maximum Gasteiger partial charge on any atom is 0.164 e. The Morgan fingerprint density at radius 1 is 0.440 bits per heavy atom. The summed E-state index contributed by atoms with van der Waals surface area (Å²) in [4.78, 5) is 15.4. The Labute approximate surface area is 287 Å². The smallest absolute Gasteiger partial charge is 0.164 e. The van der Waals surface area contributed by atoms with Gasteiger partial charge in [0.15, 0.2) is 17.5 Å². The molecule has 6 aromatic carbocycles. The highest BCUT2D eigenvalue weighted by molar-refractivity contribution is 6.15. The average Bonchev–Trinajstić information content (AvgIpc) is 3.77. The molecular formula is C45H29N3O2. The number of hydrogen-bond acceptors (Lipinski definition) is 5. The van der Waals surface area contributed by atoms with Crippen molar-refractivity contribution in [3.05, 3.63) is 157 Å². The summed E-state index contributed by atoms with van der Waals surface area (Å²) >= 11 is 0. The summed E-state index contributed by atoms with van der Waals surface area (Å²) in [5.41, 5.74) is 10.3. The molecule has 5 heteroatoms. The van der Waals surface area contributed by atoms with Crippen LogP contribution in [0.25, 0.3) is 94.7 Å². The summed E-state index contributed by atoms with van der Waals surface area (Å²) < 4.78 is 13.0. The minimum atomic E-state index is 0.575. The van der Waals surface area contributed by atoms with Crippen LogP contribution in [0.5, 0.6) is 0 Å². The van der Waals surface area contributed by atoms with Crippen LogP contribution in [-0.2, 0) is 0 Å². The fourth-order valence-corrected chi connectivity index (χ4v) is 7.14. The normalized spacial score (nSPS) is 13.1. The van der Waals surface area contributed by atoms with Crippen LogP contribution in [-0.4, -0.2) is 15.0 Å². The van der Waals surface area contributed by atoms with Crippen LogP contribution in [0.1, 0.15) is 18.4 Å². The van der Waals surface area contributed by atoms with E-state index in [-0.39, 0.29) is 0 Å². The summed E-state index contributed by atoms with van der Waals surface area (Å²) in [6.07, 6.45) is 8.88. The Balaban J connectivity index is 1.22. The van der Waals surface area contributed by atoms with Crippen molar-refractivity contribution in [3.63, 3.8) is 0 Å². The molecule has 0 radical (unpaired) electrons. The van der Waals surface area contributed by atoms with Crippen LogP contribution in [0.3, 0.4) is 0 Å². The standard InChI is InChI=1S/C45H29N3O2/c1-3-12-28(13-4-1)29-22-24-31(25-23-29)44-46-43(30-14-5-2-6-15-30)47-45(48-44)37-26-32(27-40-41(37)36-17-8-10-21-39(36)49-40)33-18-11-19-35-34-16-7-9-20-38(34)50-42(33)35/h2-3,5-27H,1,4H2. The highest BCUT2D eigenvalue weighted by Gasteiger charge is 2.21. The maximum absolute atomic E-state index is 6.54. The third-order valence-electron chi connectivity index (χ3n) is 9.57. The third-order valence-corrected chi connectivity index (χ3v) is 9.57. The van der Waals surface area contributed by atoms with E-state index in [1.165, 1.54) is 11.1 Å². The molecule has 1 aliphatic carbocycles. The van der Waals surface area contributed by atoms with Crippen LogP contribution in [0.2, 0.25) is 0 Å². The molecule has 0 bridgehead atoms. The highest BCUT2D eigenvalue weighted by Crippen LogP contribution is 2.42. The van der Waals surface area contributed by atoms with E-state index in [0.717, 1.165) is 84.5 Å². The lowest BCUT2D eigenvalue weighted by Gasteiger charge is -2.12. The van der Waals surface area contributed by atoms with E-state index in [1.807, 2.05) is 66.7 Å². The van der Waals surface area contributed by atoms with Crippen molar-refractivity contribution in [1.82, 2.24) is 15.0 Å². The number of furan rings is 2. The van der Waals surface area contributed by atoms with Crippen molar-refractivity contribution >= 4 is 49.5 Å². The molecule has 3 heterocycles. The largest absolute Gasteiger partial charge is 0.456 e. The number of nitrogens with zero attached hydrogens (tertiary/aromatic N) is 3. The molecule has 50 heavy (non-hydrogen) atoms. The average molecular weight is 644 g/mol. The molecule has 0 atom stereocenters. The first-order valence-corrected chi connectivity index (χ1v) is 16.9. The minimum Gasteiger partial charge on any atom is -0.456 e. The first-order valence-electron chi connectivity index (χ1n) is 16.9. The van der Waals surface area contributed by atoms with Crippen molar-refractivity contribution in [2.75, 3.05) is 0 Å². The lowest BCUT2D eigenvalue weighted by atomic mass is 9.96. The number of para-hydroxylation sites is 3. The predicted molar refractivity (Wildman–Crippen MR) is 202 cm³/mol. The van der Waals surface area contributed by atoms with Gasteiger partial charge in [-0.2, -0.15) is 0 Å². The van der Waals surface area contributed by atoms with Gasteiger partial charge in [0.05, 0.1) is 0 Å². The summed E-state index contributed by atoms with van der Waals surface area (Å²) in [7, 11) is 0. The minimum absolute atomic E-state index is 0.575. The van der Waals surface area contributed by atoms with Gasteiger partial charge < -0.3 is 8.83 Å². The van der Waals surface area contributed by atoms with Crippen LogP contribution >= 0.6 is 0 Å². The Bertz CT molecular complexity index is 2810. The quantitative estimate of drug-likeness (QED) is 0.187. The van der Waals surface area contributed by atoms with Crippen LogP contribution < -0.4 is 0 Å². The van der Waals surface area contributed by atoms with Crippen LogP contribution in [0, 0.1) is 0 Å². The molecule has 0 N–H and O–H groups in total. The number of allylic oxidation sites excluding steroid dienone is 4. The summed E-state index contributed by atoms with van der Waals surface area (Å²) in [6.45, 7) is 0. The topological polar surface area (TPSA) is 65.0 Å². The van der Waals surface area contributed by atoms with Gasteiger partial charge in [-0.1, -0.05) is 127 Å². The van der Waals surface area contributed by atoms with E-state index in [1.54, 1.807) is 0 Å². The zero-order chi connectivity index (χ0) is 33.0. The molecule has 0 amide bonds. The van der Waals surface area contributed by atoms with Crippen LogP contribution in [0.4, 0.5) is 0 Å². The maximum atomic E-state index is 6.54. The Kier molecular flexibility index (Phi) is 6.56. The van der Waals surface area contributed by atoms with Gasteiger partial charge in [0, 0.05) is 43.8 Å². The van der Waals surface area contributed by atoms with E-state index in [2.05, 4.69) is 85.0 Å². The molecule has 5 nitrogen and oxygen atoms in total. The van der Waals surface area contributed by atoms with Crippen molar-refractivity contribution in [2.45, 2.75) is 12.8 Å². The Hall–Kier alpha value is -6.59. The first-order chi connectivity index (χ1) is 24.8. The molecule has 0 aliphatic heterocycles. The van der Waals surface area contributed by atoms with E-state index in [4.69, 9.17) is 23.8 Å². The van der Waals surface area contributed by atoms with Crippen molar-refractivity contribution in [1.29, 1.82) is 0 Å². The molecule has 3 aromatic heterocycles. The van der Waals surface area contributed by atoms with E-state index < -0.39 is 0 Å². The lowest BCUT2D eigenvalue weighted by molar-refractivity contribution is 0.668. The molecule has 9 aromatic rings. The molecule has 236 valence electrons. The van der Waals surface area contributed by atoms with Gasteiger partial charge in [0.2, 0.25) is 0 Å². The zero-order valence-electron chi connectivity index (χ0n) is 27.0. The van der Waals surface area contributed by atoms with Gasteiger partial charge in [0.1, 0.15) is 22.3 Å². The molecule has 10 rings (SSSR count). The summed E-state index contributed by atoms with van der Waals surface area (Å²) in [6, 6.07) is 45.5. The zero-order valence-corrected chi connectivity index (χ0v) is 27.0. The van der Waals surface area contributed by atoms with Crippen molar-refractivity contribution in [3.8, 4) is 45.3 Å². The predicted octanol–water partition coefficient (Wildman–Crippen LogP) is 12.1. The Morgan fingerprint density at radius 3 is 1.88 bits per heavy atom. The molecule has 0 fully saturated rings. The third kappa shape index (κ3) is 4.74. The number of aromatic nitrogens is 3. The van der Waals surface area contributed by atoms with Crippen LogP contribution in [0.15, 0.2) is 161 Å². The second kappa shape index (κ2) is 11.5. The van der Waals surface area contributed by atoms with Gasteiger partial charge >= 0.3 is 0 Å². The fourth-order valence-electron chi connectivity index (χ4n) is 7.14.